The molecular weight excluding hydrogens is 435 g/mol. The largest absolute Gasteiger partial charge is 0.339 e. The Labute approximate surface area is 182 Å². The quantitative estimate of drug-likeness (QED) is 0.364. The number of nitrogens with one attached hydrogen (secondary N) is 2. The zero-order valence-electron chi connectivity index (χ0n) is 16.9. The summed E-state index contributed by atoms with van der Waals surface area (Å²) in [6.45, 7) is 1.87. The minimum Gasteiger partial charge on any atom is -0.324 e. The average Bonchev–Trinajstić information content (AvgIpc) is 2.74. The Kier molecular flexibility index (Phi) is 7.43. The van der Waals surface area contributed by atoms with Crippen molar-refractivity contribution >= 4 is 17.6 Å². The van der Waals surface area contributed by atoms with Crippen molar-refractivity contribution in [1.29, 1.82) is 0 Å². The Bertz CT molecular complexity index is 1130. The molecule has 164 valence electrons. The first-order valence-electron chi connectivity index (χ1n) is 9.62. The van der Waals surface area contributed by atoms with Gasteiger partial charge in [-0.1, -0.05) is 78.4 Å². The zero-order valence-corrected chi connectivity index (χ0v) is 18.6. The van der Waals surface area contributed by atoms with Crippen molar-refractivity contribution in [3.8, 4) is 0 Å². The highest BCUT2D eigenvalue weighted by Crippen LogP contribution is 2.36. The lowest BCUT2D eigenvalue weighted by Crippen LogP contribution is -2.38. The highest BCUT2D eigenvalue weighted by molar-refractivity contribution is 7.89. The van der Waals surface area contributed by atoms with Gasteiger partial charge in [0.1, 0.15) is 0 Å². The summed E-state index contributed by atoms with van der Waals surface area (Å²) < 4.78 is 40.6. The van der Waals surface area contributed by atoms with Crippen LogP contribution in [0.3, 0.4) is 0 Å². The van der Waals surface area contributed by atoms with E-state index in [2.05, 4.69) is 10.0 Å². The summed E-state index contributed by atoms with van der Waals surface area (Å²) in [6.07, 6.45) is -0.595. The van der Waals surface area contributed by atoms with Crippen LogP contribution in [-0.2, 0) is 14.6 Å². The molecule has 31 heavy (non-hydrogen) atoms. The second kappa shape index (κ2) is 9.87. The molecule has 0 aliphatic heterocycles. The van der Waals surface area contributed by atoms with Crippen LogP contribution in [-0.4, -0.2) is 24.5 Å². The van der Waals surface area contributed by atoms with E-state index in [4.69, 9.17) is 0 Å². The highest BCUT2D eigenvalue weighted by atomic mass is 32.2. The van der Waals surface area contributed by atoms with Gasteiger partial charge in [0.2, 0.25) is 10.0 Å². The topological polar surface area (TPSA) is 116 Å². The van der Waals surface area contributed by atoms with E-state index in [1.165, 1.54) is 12.1 Å². The molecule has 9 heteroatoms. The first-order valence-corrected chi connectivity index (χ1v) is 12.9. The summed E-state index contributed by atoms with van der Waals surface area (Å²) in [4.78, 5) is 18.9. The Morgan fingerprint density at radius 2 is 1.29 bits per heavy atom. The number of aryl methyl sites for hydroxylation is 1. The first kappa shape index (κ1) is 23.3. The summed E-state index contributed by atoms with van der Waals surface area (Å²) >= 11 is 0. The molecule has 0 saturated carbocycles. The van der Waals surface area contributed by atoms with Gasteiger partial charge in [0.25, 0.3) is 0 Å². The number of benzene rings is 3. The van der Waals surface area contributed by atoms with Crippen molar-refractivity contribution in [3.63, 3.8) is 0 Å². The Morgan fingerprint density at radius 1 is 0.806 bits per heavy atom. The van der Waals surface area contributed by atoms with Gasteiger partial charge in [-0.15, -0.1) is 0 Å². The fourth-order valence-electron chi connectivity index (χ4n) is 3.25. The molecule has 7 nitrogen and oxygen atoms in total. The van der Waals surface area contributed by atoms with Crippen molar-refractivity contribution in [3.05, 3.63) is 102 Å². The molecule has 0 spiro atoms. The molecule has 0 saturated heterocycles. The molecular formula is C22H25N2O5PS. The first-order chi connectivity index (χ1) is 14.7. The predicted octanol–water partition coefficient (Wildman–Crippen LogP) is 3.48. The van der Waals surface area contributed by atoms with E-state index in [-0.39, 0.29) is 4.90 Å². The Balaban J connectivity index is 2.05. The number of hydrogen-bond acceptors (Lipinski definition) is 4. The van der Waals surface area contributed by atoms with Gasteiger partial charge >= 0.3 is 7.60 Å². The zero-order chi connectivity index (χ0) is 22.5. The van der Waals surface area contributed by atoms with Gasteiger partial charge in [-0.3, -0.25) is 9.88 Å². The molecule has 0 aliphatic carbocycles. The van der Waals surface area contributed by atoms with Crippen LogP contribution in [0.5, 0.6) is 0 Å². The third-order valence-corrected chi connectivity index (χ3v) is 6.83. The summed E-state index contributed by atoms with van der Waals surface area (Å²) in [6, 6.07) is 22.8. The molecule has 2 atom stereocenters. The van der Waals surface area contributed by atoms with Crippen LogP contribution in [0.2, 0.25) is 0 Å². The van der Waals surface area contributed by atoms with Gasteiger partial charge in [-0.25, -0.2) is 13.1 Å². The van der Waals surface area contributed by atoms with Crippen LogP contribution in [0, 0.1) is 6.92 Å². The van der Waals surface area contributed by atoms with Gasteiger partial charge in [0.15, 0.2) is 0 Å². The summed E-state index contributed by atoms with van der Waals surface area (Å²) in [5.74, 6) is 0. The Morgan fingerprint density at radius 3 is 1.77 bits per heavy atom. The molecule has 0 fully saturated rings. The molecule has 0 radical (unpaired) electrons. The van der Waals surface area contributed by atoms with Crippen LogP contribution in [0.25, 0.3) is 0 Å². The van der Waals surface area contributed by atoms with E-state index in [0.29, 0.717) is 11.1 Å². The lowest BCUT2D eigenvalue weighted by atomic mass is 9.94. The molecule has 3 rings (SSSR count). The summed E-state index contributed by atoms with van der Waals surface area (Å²) in [5.41, 5.74) is 2.28. The highest BCUT2D eigenvalue weighted by Gasteiger charge is 2.31. The van der Waals surface area contributed by atoms with Crippen molar-refractivity contribution in [2.75, 3.05) is 6.29 Å². The van der Waals surface area contributed by atoms with E-state index >= 15 is 0 Å². The monoisotopic (exact) mass is 460 g/mol. The lowest BCUT2D eigenvalue weighted by molar-refractivity contribution is 0.356. The van der Waals surface area contributed by atoms with E-state index in [1.807, 2.05) is 19.1 Å². The minimum atomic E-state index is -4.37. The summed E-state index contributed by atoms with van der Waals surface area (Å²) in [7, 11) is -8.29. The van der Waals surface area contributed by atoms with Gasteiger partial charge in [-0.2, -0.15) is 0 Å². The smallest absolute Gasteiger partial charge is 0.324 e. The second-order valence-electron chi connectivity index (χ2n) is 7.24. The molecule has 0 aromatic heterocycles. The van der Waals surface area contributed by atoms with Crippen LogP contribution in [0.4, 0.5) is 0 Å². The van der Waals surface area contributed by atoms with Crippen molar-refractivity contribution < 1.29 is 22.8 Å². The van der Waals surface area contributed by atoms with Gasteiger partial charge in [-0.05, 0) is 30.2 Å². The average molecular weight is 460 g/mol. The van der Waals surface area contributed by atoms with Gasteiger partial charge < -0.3 is 9.79 Å². The van der Waals surface area contributed by atoms with Crippen LogP contribution in [0.1, 0.15) is 28.8 Å². The molecule has 0 amide bonds. The standard InChI is InChI=1S/C22H25N2O5PS/c1-17-12-14-20(15-13-17)31(28,29)24-22(19-10-6-3-7-11-19)21(23-16-30(25,26)27)18-8-4-2-5-9-18/h2-15,21-24H,16H2,1H3,(H2,25,26,27)/t21-,22+/m0/s1. The number of hydrogen-bond donors (Lipinski definition) is 4. The van der Waals surface area contributed by atoms with Crippen molar-refractivity contribution in [2.24, 2.45) is 0 Å². The fraction of sp³-hybridized carbons (Fsp3) is 0.182. The van der Waals surface area contributed by atoms with E-state index in [9.17, 15) is 22.8 Å². The molecule has 3 aromatic rings. The van der Waals surface area contributed by atoms with Crippen LogP contribution in [0.15, 0.2) is 89.8 Å². The predicted molar refractivity (Wildman–Crippen MR) is 120 cm³/mol. The third-order valence-electron chi connectivity index (χ3n) is 4.78. The Hall–Kier alpha value is -2.32. The maximum absolute atomic E-state index is 13.2. The fourth-order valence-corrected chi connectivity index (χ4v) is 4.92. The van der Waals surface area contributed by atoms with E-state index in [0.717, 1.165) is 5.56 Å². The maximum atomic E-state index is 13.2. The molecule has 0 aliphatic rings. The van der Waals surface area contributed by atoms with E-state index in [1.54, 1.807) is 60.7 Å². The molecule has 4 N–H and O–H groups in total. The SMILES string of the molecule is Cc1ccc(S(=O)(=O)N[C@H](c2ccccc2)[C@@H](NCP(=O)(O)O)c2ccccc2)cc1. The van der Waals surface area contributed by atoms with Gasteiger partial charge in [0.05, 0.1) is 23.3 Å². The van der Waals surface area contributed by atoms with E-state index < -0.39 is 36.0 Å². The van der Waals surface area contributed by atoms with Gasteiger partial charge in [0, 0.05) is 0 Å². The number of rotatable bonds is 9. The lowest BCUT2D eigenvalue weighted by Gasteiger charge is -2.30. The number of sulfonamides is 1. The third kappa shape index (κ3) is 6.58. The second-order valence-corrected chi connectivity index (χ2v) is 10.6. The molecule has 0 heterocycles. The molecule has 0 bridgehead atoms. The van der Waals surface area contributed by atoms with Crippen LogP contribution < -0.4 is 10.0 Å². The summed E-state index contributed by atoms with van der Waals surface area (Å²) in [5, 5.41) is 2.87. The molecule has 3 aromatic carbocycles. The minimum absolute atomic E-state index is 0.112. The normalized spacial score (nSPS) is 14.2. The van der Waals surface area contributed by atoms with Crippen molar-refractivity contribution in [2.45, 2.75) is 23.9 Å². The van der Waals surface area contributed by atoms with Crippen molar-refractivity contribution in [1.82, 2.24) is 10.0 Å². The molecule has 0 unspecified atom stereocenters. The van der Waals surface area contributed by atoms with Crippen LogP contribution >= 0.6 is 7.60 Å². The maximum Gasteiger partial charge on any atom is 0.339 e.